The van der Waals surface area contributed by atoms with Crippen molar-refractivity contribution in [3.63, 3.8) is 0 Å². The van der Waals surface area contributed by atoms with Gasteiger partial charge in [-0.25, -0.2) is 0 Å². The van der Waals surface area contributed by atoms with Crippen molar-refractivity contribution >= 4 is 11.6 Å². The molecule has 1 heterocycles. The van der Waals surface area contributed by atoms with Crippen LogP contribution in [0.4, 0.5) is 0 Å². The molecular formula is C9H13ClO3. The van der Waals surface area contributed by atoms with E-state index in [1.807, 2.05) is 0 Å². The van der Waals surface area contributed by atoms with Gasteiger partial charge in [0.15, 0.2) is 5.22 Å². The van der Waals surface area contributed by atoms with E-state index in [1.54, 1.807) is 13.2 Å². The lowest BCUT2D eigenvalue weighted by molar-refractivity contribution is 0.136. The van der Waals surface area contributed by atoms with Crippen LogP contribution < -0.4 is 0 Å². The summed E-state index contributed by atoms with van der Waals surface area (Å²) in [5.74, 6) is 0. The lowest BCUT2D eigenvalue weighted by Crippen LogP contribution is -1.98. The molecule has 4 heteroatoms. The normalized spacial score (nSPS) is 13.2. The van der Waals surface area contributed by atoms with Crippen LogP contribution in [0, 0.1) is 0 Å². The van der Waals surface area contributed by atoms with Gasteiger partial charge in [-0.05, 0) is 30.5 Å². The van der Waals surface area contributed by atoms with E-state index in [4.69, 9.17) is 20.8 Å². The van der Waals surface area contributed by atoms with Crippen LogP contribution in [0.3, 0.4) is 0 Å². The highest BCUT2D eigenvalue weighted by atomic mass is 35.5. The largest absolute Gasteiger partial charge is 0.453 e. The second-order valence-corrected chi connectivity index (χ2v) is 3.14. The fourth-order valence-corrected chi connectivity index (χ4v) is 1.36. The summed E-state index contributed by atoms with van der Waals surface area (Å²) >= 11 is 5.69. The standard InChI is InChI=1S/C9H13ClO3/c1-12-5-2-3-8(11)7-4-6-13-9(7)10/h4,6,8,11H,2-3,5H2,1H3. The second kappa shape index (κ2) is 5.27. The summed E-state index contributed by atoms with van der Waals surface area (Å²) < 4.78 is 9.74. The van der Waals surface area contributed by atoms with Gasteiger partial charge in [-0.1, -0.05) is 0 Å². The predicted octanol–water partition coefficient (Wildman–Crippen LogP) is 2.39. The maximum atomic E-state index is 9.62. The predicted molar refractivity (Wildman–Crippen MR) is 49.8 cm³/mol. The number of rotatable bonds is 5. The number of hydrogen-bond acceptors (Lipinski definition) is 3. The Balaban J connectivity index is 2.39. The minimum absolute atomic E-state index is 0.268. The van der Waals surface area contributed by atoms with Gasteiger partial charge >= 0.3 is 0 Å². The Bertz CT molecular complexity index is 247. The highest BCUT2D eigenvalue weighted by Gasteiger charge is 2.13. The summed E-state index contributed by atoms with van der Waals surface area (Å²) in [6.07, 6.45) is 2.35. The molecule has 0 aliphatic heterocycles. The second-order valence-electron chi connectivity index (χ2n) is 2.80. The van der Waals surface area contributed by atoms with Crippen LogP contribution in [0.25, 0.3) is 0 Å². The average Bonchev–Trinajstić information content (AvgIpc) is 2.52. The summed E-state index contributed by atoms with van der Waals surface area (Å²) in [7, 11) is 1.64. The van der Waals surface area contributed by atoms with E-state index in [0.717, 1.165) is 6.42 Å². The fourth-order valence-electron chi connectivity index (χ4n) is 1.12. The molecule has 1 N–H and O–H groups in total. The number of halogens is 1. The first kappa shape index (κ1) is 10.6. The minimum Gasteiger partial charge on any atom is -0.453 e. The lowest BCUT2D eigenvalue weighted by atomic mass is 10.1. The zero-order chi connectivity index (χ0) is 9.68. The monoisotopic (exact) mass is 204 g/mol. The first-order valence-corrected chi connectivity index (χ1v) is 4.53. The van der Waals surface area contributed by atoms with Crippen molar-refractivity contribution in [3.8, 4) is 0 Å². The van der Waals surface area contributed by atoms with Gasteiger partial charge in [0.05, 0.1) is 12.4 Å². The summed E-state index contributed by atoms with van der Waals surface area (Å²) in [6.45, 7) is 0.645. The number of aliphatic hydroxyl groups is 1. The van der Waals surface area contributed by atoms with Gasteiger partial charge in [0, 0.05) is 19.3 Å². The molecule has 0 spiro atoms. The van der Waals surface area contributed by atoms with Crippen LogP contribution in [0.1, 0.15) is 24.5 Å². The molecule has 0 radical (unpaired) electrons. The van der Waals surface area contributed by atoms with Gasteiger partial charge in [0.1, 0.15) is 0 Å². The van der Waals surface area contributed by atoms with E-state index in [9.17, 15) is 5.11 Å². The van der Waals surface area contributed by atoms with Crippen LogP contribution in [-0.4, -0.2) is 18.8 Å². The molecule has 0 fully saturated rings. The number of methoxy groups -OCH3 is 1. The molecule has 0 amide bonds. The molecular weight excluding hydrogens is 192 g/mol. The quantitative estimate of drug-likeness (QED) is 0.749. The molecule has 0 aromatic carbocycles. The highest BCUT2D eigenvalue weighted by Crippen LogP contribution is 2.26. The Hall–Kier alpha value is -0.510. The number of aliphatic hydroxyl groups excluding tert-OH is 1. The lowest BCUT2D eigenvalue weighted by Gasteiger charge is -2.07. The van der Waals surface area contributed by atoms with Crippen LogP contribution in [0.2, 0.25) is 5.22 Å². The average molecular weight is 205 g/mol. The third-order valence-corrected chi connectivity index (χ3v) is 2.14. The van der Waals surface area contributed by atoms with Crippen LogP contribution in [0.15, 0.2) is 16.7 Å². The zero-order valence-corrected chi connectivity index (χ0v) is 8.25. The number of furan rings is 1. The molecule has 0 aliphatic rings. The SMILES string of the molecule is COCCCC(O)c1ccoc1Cl. The molecule has 13 heavy (non-hydrogen) atoms. The van der Waals surface area contributed by atoms with Gasteiger partial charge in [-0.15, -0.1) is 0 Å². The summed E-state index contributed by atoms with van der Waals surface area (Å²) in [6, 6.07) is 1.68. The van der Waals surface area contributed by atoms with Gasteiger partial charge in [-0.2, -0.15) is 0 Å². The molecule has 1 rings (SSSR count). The van der Waals surface area contributed by atoms with E-state index in [-0.39, 0.29) is 5.22 Å². The fraction of sp³-hybridized carbons (Fsp3) is 0.556. The molecule has 0 aliphatic carbocycles. The van der Waals surface area contributed by atoms with E-state index in [1.165, 1.54) is 6.26 Å². The molecule has 0 saturated heterocycles. The molecule has 3 nitrogen and oxygen atoms in total. The van der Waals surface area contributed by atoms with E-state index < -0.39 is 6.10 Å². The Morgan fingerprint density at radius 2 is 2.46 bits per heavy atom. The van der Waals surface area contributed by atoms with Crippen molar-refractivity contribution in [2.24, 2.45) is 0 Å². The molecule has 1 atom stereocenters. The van der Waals surface area contributed by atoms with Crippen LogP contribution in [0.5, 0.6) is 0 Å². The van der Waals surface area contributed by atoms with Gasteiger partial charge in [0.2, 0.25) is 0 Å². The Morgan fingerprint density at radius 3 is 3.00 bits per heavy atom. The summed E-state index contributed by atoms with van der Waals surface area (Å²) in [5, 5.41) is 9.89. The third kappa shape index (κ3) is 3.03. The molecule has 1 aromatic rings. The van der Waals surface area contributed by atoms with Gasteiger partial charge in [0.25, 0.3) is 0 Å². The summed E-state index contributed by atoms with van der Waals surface area (Å²) in [4.78, 5) is 0. The topological polar surface area (TPSA) is 42.6 Å². The Labute approximate surface area is 82.3 Å². The van der Waals surface area contributed by atoms with Crippen molar-refractivity contribution in [2.75, 3.05) is 13.7 Å². The zero-order valence-electron chi connectivity index (χ0n) is 7.50. The molecule has 1 aromatic heterocycles. The third-order valence-electron chi connectivity index (χ3n) is 1.83. The van der Waals surface area contributed by atoms with Crippen molar-refractivity contribution in [2.45, 2.75) is 18.9 Å². The Morgan fingerprint density at radius 1 is 1.69 bits per heavy atom. The highest BCUT2D eigenvalue weighted by molar-refractivity contribution is 6.29. The first-order valence-electron chi connectivity index (χ1n) is 4.15. The maximum absolute atomic E-state index is 9.62. The molecule has 1 unspecified atom stereocenters. The number of ether oxygens (including phenoxy) is 1. The van der Waals surface area contributed by atoms with Crippen LogP contribution >= 0.6 is 11.6 Å². The minimum atomic E-state index is -0.554. The molecule has 74 valence electrons. The van der Waals surface area contributed by atoms with Gasteiger partial charge in [-0.3, -0.25) is 0 Å². The summed E-state index contributed by atoms with van der Waals surface area (Å²) in [5.41, 5.74) is 0.651. The van der Waals surface area contributed by atoms with Crippen molar-refractivity contribution < 1.29 is 14.3 Å². The van der Waals surface area contributed by atoms with Crippen molar-refractivity contribution in [3.05, 3.63) is 23.1 Å². The number of hydrogen-bond donors (Lipinski definition) is 1. The first-order chi connectivity index (χ1) is 6.25. The van der Waals surface area contributed by atoms with E-state index >= 15 is 0 Å². The molecule has 0 saturated carbocycles. The molecule has 0 bridgehead atoms. The van der Waals surface area contributed by atoms with Crippen molar-refractivity contribution in [1.29, 1.82) is 0 Å². The van der Waals surface area contributed by atoms with E-state index in [0.29, 0.717) is 18.6 Å². The van der Waals surface area contributed by atoms with E-state index in [2.05, 4.69) is 0 Å². The maximum Gasteiger partial charge on any atom is 0.198 e. The van der Waals surface area contributed by atoms with Crippen LogP contribution in [-0.2, 0) is 4.74 Å². The Kier molecular flexibility index (Phi) is 4.28. The smallest absolute Gasteiger partial charge is 0.198 e. The van der Waals surface area contributed by atoms with Crippen molar-refractivity contribution in [1.82, 2.24) is 0 Å². The van der Waals surface area contributed by atoms with Gasteiger partial charge < -0.3 is 14.3 Å².